The lowest BCUT2D eigenvalue weighted by molar-refractivity contribution is -0.138. The van der Waals surface area contributed by atoms with Gasteiger partial charge in [0.1, 0.15) is 0 Å². The number of aliphatic carboxylic acids is 1. The topological polar surface area (TPSA) is 50.2 Å². The quantitative estimate of drug-likeness (QED) is 0.874. The largest absolute Gasteiger partial charge is 0.478 e. The highest BCUT2D eigenvalue weighted by molar-refractivity contribution is 5.86. The average molecular weight is 293 g/mol. The van der Waals surface area contributed by atoms with E-state index < -0.39 is 17.7 Å². The molecule has 0 saturated carbocycles. The fourth-order valence-electron chi connectivity index (χ4n) is 1.83. The van der Waals surface area contributed by atoms with Crippen LogP contribution in [0.1, 0.15) is 11.1 Å². The van der Waals surface area contributed by atoms with Crippen molar-refractivity contribution in [2.75, 3.05) is 0 Å². The van der Waals surface area contributed by atoms with Crippen LogP contribution in [0, 0.1) is 0 Å². The Balaban J connectivity index is 2.54. The average Bonchev–Trinajstić information content (AvgIpc) is 2.44. The summed E-state index contributed by atoms with van der Waals surface area (Å²) in [7, 11) is 0. The van der Waals surface area contributed by atoms with Crippen LogP contribution in [0.15, 0.2) is 48.8 Å². The zero-order valence-electron chi connectivity index (χ0n) is 10.6. The van der Waals surface area contributed by atoms with Crippen LogP contribution in [-0.2, 0) is 11.0 Å². The molecule has 0 aliphatic carbocycles. The van der Waals surface area contributed by atoms with Gasteiger partial charge in [0.25, 0.3) is 0 Å². The Morgan fingerprint density at radius 3 is 2.52 bits per heavy atom. The first-order valence-electron chi connectivity index (χ1n) is 5.90. The molecule has 0 aliphatic rings. The summed E-state index contributed by atoms with van der Waals surface area (Å²) in [6.07, 6.45) is 0.139. The molecule has 0 radical (unpaired) electrons. The minimum atomic E-state index is -4.55. The second kappa shape index (κ2) is 5.78. The third-order valence-electron chi connectivity index (χ3n) is 2.76. The lowest BCUT2D eigenvalue weighted by Gasteiger charge is -2.12. The highest BCUT2D eigenvalue weighted by Gasteiger charge is 2.32. The molecular weight excluding hydrogens is 283 g/mol. The third kappa shape index (κ3) is 3.68. The van der Waals surface area contributed by atoms with Crippen molar-refractivity contribution < 1.29 is 23.1 Å². The van der Waals surface area contributed by atoms with Gasteiger partial charge in [-0.15, -0.1) is 0 Å². The molecule has 0 atom stereocenters. The molecule has 0 aliphatic heterocycles. The van der Waals surface area contributed by atoms with Crippen molar-refractivity contribution in [3.8, 4) is 11.1 Å². The van der Waals surface area contributed by atoms with E-state index in [9.17, 15) is 18.0 Å². The van der Waals surface area contributed by atoms with E-state index in [0.717, 1.165) is 12.1 Å². The van der Waals surface area contributed by atoms with Gasteiger partial charge in [0, 0.05) is 24.0 Å². The van der Waals surface area contributed by atoms with Crippen LogP contribution in [0.5, 0.6) is 0 Å². The number of nitrogens with zero attached hydrogens (tertiary/aromatic N) is 1. The van der Waals surface area contributed by atoms with Gasteiger partial charge in [0.05, 0.1) is 5.56 Å². The van der Waals surface area contributed by atoms with E-state index in [1.165, 1.54) is 18.3 Å². The Hall–Kier alpha value is -2.63. The van der Waals surface area contributed by atoms with Crippen LogP contribution in [-0.4, -0.2) is 16.1 Å². The van der Waals surface area contributed by atoms with E-state index in [1.54, 1.807) is 18.3 Å². The third-order valence-corrected chi connectivity index (χ3v) is 2.76. The van der Waals surface area contributed by atoms with Gasteiger partial charge in [-0.1, -0.05) is 12.1 Å². The Morgan fingerprint density at radius 1 is 1.19 bits per heavy atom. The SMILES string of the molecule is O=C(O)C=Cc1cc(-c2cccnc2)ccc1C(F)(F)F. The van der Waals surface area contributed by atoms with Crippen molar-refractivity contribution in [3.05, 3.63) is 59.9 Å². The number of carbonyl (C=O) groups is 1. The normalized spacial score (nSPS) is 11.8. The highest BCUT2D eigenvalue weighted by atomic mass is 19.4. The molecule has 0 fully saturated rings. The van der Waals surface area contributed by atoms with E-state index in [4.69, 9.17) is 5.11 Å². The zero-order chi connectivity index (χ0) is 15.5. The maximum Gasteiger partial charge on any atom is 0.416 e. The number of carboxylic acid groups (broad SMARTS) is 1. The minimum absolute atomic E-state index is 0.203. The van der Waals surface area contributed by atoms with Gasteiger partial charge >= 0.3 is 12.1 Å². The molecule has 1 heterocycles. The number of aromatic nitrogens is 1. The highest BCUT2D eigenvalue weighted by Crippen LogP contribution is 2.34. The number of halogens is 3. The molecule has 2 aromatic rings. The van der Waals surface area contributed by atoms with Crippen LogP contribution < -0.4 is 0 Å². The number of carboxylic acids is 1. The Labute approximate surface area is 118 Å². The summed E-state index contributed by atoms with van der Waals surface area (Å²) in [6.45, 7) is 0. The second-order valence-corrected chi connectivity index (χ2v) is 4.21. The summed E-state index contributed by atoms with van der Waals surface area (Å²) in [6, 6.07) is 6.93. The van der Waals surface area contributed by atoms with Gasteiger partial charge in [-0.05, 0) is 35.4 Å². The Morgan fingerprint density at radius 2 is 1.95 bits per heavy atom. The molecule has 108 valence electrons. The molecule has 21 heavy (non-hydrogen) atoms. The van der Waals surface area contributed by atoms with Crippen molar-refractivity contribution in [2.45, 2.75) is 6.18 Å². The molecule has 1 aromatic heterocycles. The number of benzene rings is 1. The van der Waals surface area contributed by atoms with E-state index >= 15 is 0 Å². The summed E-state index contributed by atoms with van der Waals surface area (Å²) >= 11 is 0. The van der Waals surface area contributed by atoms with Crippen LogP contribution in [0.2, 0.25) is 0 Å². The maximum absolute atomic E-state index is 12.9. The van der Waals surface area contributed by atoms with Crippen molar-refractivity contribution >= 4 is 12.0 Å². The number of hydrogen-bond donors (Lipinski definition) is 1. The molecule has 2 rings (SSSR count). The molecule has 0 saturated heterocycles. The van der Waals surface area contributed by atoms with Gasteiger partial charge < -0.3 is 5.11 Å². The molecule has 1 N–H and O–H groups in total. The summed E-state index contributed by atoms with van der Waals surface area (Å²) < 4.78 is 38.7. The number of hydrogen-bond acceptors (Lipinski definition) is 2. The van der Waals surface area contributed by atoms with Crippen molar-refractivity contribution in [2.24, 2.45) is 0 Å². The molecule has 0 unspecified atom stereocenters. The standard InChI is InChI=1S/C15H10F3NO2/c16-15(17,18)13-5-3-10(12-2-1-7-19-9-12)8-11(13)4-6-14(20)21/h1-9H,(H,20,21). The van der Waals surface area contributed by atoms with Crippen LogP contribution in [0.4, 0.5) is 13.2 Å². The summed E-state index contributed by atoms with van der Waals surface area (Å²) in [5.41, 5.74) is 0.0937. The first-order chi connectivity index (χ1) is 9.88. The second-order valence-electron chi connectivity index (χ2n) is 4.21. The first kappa shape index (κ1) is 14.8. The van der Waals surface area contributed by atoms with E-state index in [0.29, 0.717) is 17.2 Å². The van der Waals surface area contributed by atoms with Gasteiger partial charge in [0.2, 0.25) is 0 Å². The van der Waals surface area contributed by atoms with E-state index in [1.807, 2.05) is 0 Å². The maximum atomic E-state index is 12.9. The van der Waals surface area contributed by atoms with Crippen molar-refractivity contribution in [3.63, 3.8) is 0 Å². The lowest BCUT2D eigenvalue weighted by atomic mass is 9.99. The van der Waals surface area contributed by atoms with E-state index in [2.05, 4.69) is 4.98 Å². The van der Waals surface area contributed by atoms with Gasteiger partial charge in [-0.25, -0.2) is 4.79 Å². The van der Waals surface area contributed by atoms with Crippen molar-refractivity contribution in [1.82, 2.24) is 4.98 Å². The monoisotopic (exact) mass is 293 g/mol. The van der Waals surface area contributed by atoms with Crippen LogP contribution >= 0.6 is 0 Å². The Kier molecular flexibility index (Phi) is 4.07. The summed E-state index contributed by atoms with van der Waals surface area (Å²) in [4.78, 5) is 14.4. The Bertz CT molecular complexity index is 679. The number of rotatable bonds is 3. The minimum Gasteiger partial charge on any atom is -0.478 e. The molecule has 6 heteroatoms. The fourth-order valence-corrected chi connectivity index (χ4v) is 1.83. The fraction of sp³-hybridized carbons (Fsp3) is 0.0667. The van der Waals surface area contributed by atoms with Crippen LogP contribution in [0.3, 0.4) is 0 Å². The number of alkyl halides is 3. The zero-order valence-corrected chi connectivity index (χ0v) is 10.6. The molecule has 0 spiro atoms. The lowest BCUT2D eigenvalue weighted by Crippen LogP contribution is -2.07. The predicted molar refractivity (Wildman–Crippen MR) is 71.3 cm³/mol. The predicted octanol–water partition coefficient (Wildman–Crippen LogP) is 3.87. The molecule has 0 bridgehead atoms. The molecule has 3 nitrogen and oxygen atoms in total. The molecule has 1 aromatic carbocycles. The summed E-state index contributed by atoms with van der Waals surface area (Å²) in [5.74, 6) is -1.31. The molecular formula is C15H10F3NO2. The van der Waals surface area contributed by atoms with Gasteiger partial charge in [0.15, 0.2) is 0 Å². The van der Waals surface area contributed by atoms with Crippen LogP contribution in [0.25, 0.3) is 17.2 Å². The first-order valence-corrected chi connectivity index (χ1v) is 5.90. The van der Waals surface area contributed by atoms with Gasteiger partial charge in [-0.2, -0.15) is 13.2 Å². The summed E-state index contributed by atoms with van der Waals surface area (Å²) in [5, 5.41) is 8.58. The molecule has 0 amide bonds. The number of pyridine rings is 1. The van der Waals surface area contributed by atoms with Gasteiger partial charge in [-0.3, -0.25) is 4.98 Å². The van der Waals surface area contributed by atoms with E-state index in [-0.39, 0.29) is 5.56 Å². The van der Waals surface area contributed by atoms with Crippen molar-refractivity contribution in [1.29, 1.82) is 0 Å². The smallest absolute Gasteiger partial charge is 0.416 e.